The Bertz CT molecular complexity index is 563. The molecular formula is C13H12Br2N2. The van der Waals surface area contributed by atoms with E-state index in [2.05, 4.69) is 59.9 Å². The third-order valence-electron chi connectivity index (χ3n) is 3.21. The molecule has 3 rings (SSSR count). The Morgan fingerprint density at radius 3 is 2.65 bits per heavy atom. The van der Waals surface area contributed by atoms with Crippen LogP contribution in [0.4, 0.5) is 5.69 Å². The van der Waals surface area contributed by atoms with Crippen LogP contribution in [-0.2, 0) is 0 Å². The molecule has 0 radical (unpaired) electrons. The Hall–Kier alpha value is -0.610. The van der Waals surface area contributed by atoms with E-state index in [1.54, 1.807) is 0 Å². The fourth-order valence-corrected chi connectivity index (χ4v) is 3.03. The molecule has 4 heteroatoms. The minimum absolute atomic E-state index is 1.00. The zero-order valence-corrected chi connectivity index (χ0v) is 12.5. The van der Waals surface area contributed by atoms with Crippen LogP contribution in [-0.4, -0.2) is 18.1 Å². The summed E-state index contributed by atoms with van der Waals surface area (Å²) in [4.78, 5) is 6.85. The van der Waals surface area contributed by atoms with Crippen molar-refractivity contribution in [2.24, 2.45) is 0 Å². The summed E-state index contributed by atoms with van der Waals surface area (Å²) in [5, 5.41) is 1.17. The molecule has 0 aliphatic carbocycles. The second kappa shape index (κ2) is 4.58. The van der Waals surface area contributed by atoms with Gasteiger partial charge in [-0.2, -0.15) is 0 Å². The molecule has 0 unspecified atom stereocenters. The number of benzene rings is 1. The quantitative estimate of drug-likeness (QED) is 0.755. The van der Waals surface area contributed by atoms with E-state index in [1.165, 1.54) is 37.0 Å². The molecule has 1 aliphatic heterocycles. The standard InChI is InChI=1S/C13H12Br2N2/c14-11-8-16-12-4-3-9(7-10(12)13(11)15)17-5-1-2-6-17/h3-4,7-8H,1-2,5-6H2. The average Bonchev–Trinajstić information content (AvgIpc) is 2.87. The number of hydrogen-bond donors (Lipinski definition) is 0. The summed E-state index contributed by atoms with van der Waals surface area (Å²) in [5.41, 5.74) is 2.33. The number of fused-ring (bicyclic) bond motifs is 1. The number of anilines is 1. The van der Waals surface area contributed by atoms with Crippen LogP contribution in [0.1, 0.15) is 12.8 Å². The van der Waals surface area contributed by atoms with Crippen molar-refractivity contribution in [1.82, 2.24) is 4.98 Å². The van der Waals surface area contributed by atoms with Crippen LogP contribution >= 0.6 is 31.9 Å². The first kappa shape index (κ1) is 11.5. The van der Waals surface area contributed by atoms with Gasteiger partial charge in [0.15, 0.2) is 0 Å². The highest BCUT2D eigenvalue weighted by Crippen LogP contribution is 2.33. The Labute approximate surface area is 117 Å². The number of rotatable bonds is 1. The van der Waals surface area contributed by atoms with Crippen LogP contribution in [0.25, 0.3) is 10.9 Å². The molecular weight excluding hydrogens is 344 g/mol. The van der Waals surface area contributed by atoms with E-state index in [0.29, 0.717) is 0 Å². The maximum atomic E-state index is 4.41. The number of halogens is 2. The van der Waals surface area contributed by atoms with Crippen LogP contribution in [0.3, 0.4) is 0 Å². The molecule has 0 amide bonds. The van der Waals surface area contributed by atoms with Gasteiger partial charge in [0.1, 0.15) is 0 Å². The van der Waals surface area contributed by atoms with Crippen LogP contribution < -0.4 is 4.90 Å². The monoisotopic (exact) mass is 354 g/mol. The van der Waals surface area contributed by atoms with Crippen molar-refractivity contribution < 1.29 is 0 Å². The second-order valence-electron chi connectivity index (χ2n) is 4.32. The lowest BCUT2D eigenvalue weighted by molar-refractivity contribution is 0.949. The van der Waals surface area contributed by atoms with Gasteiger partial charge in [-0.25, -0.2) is 0 Å². The van der Waals surface area contributed by atoms with Gasteiger partial charge in [0.25, 0.3) is 0 Å². The van der Waals surface area contributed by atoms with Crippen LogP contribution in [0, 0.1) is 0 Å². The minimum Gasteiger partial charge on any atom is -0.372 e. The third kappa shape index (κ3) is 2.08. The van der Waals surface area contributed by atoms with Gasteiger partial charge in [-0.15, -0.1) is 0 Å². The SMILES string of the molecule is Brc1cnc2ccc(N3CCCC3)cc2c1Br. The molecule has 0 bridgehead atoms. The Morgan fingerprint density at radius 1 is 1.12 bits per heavy atom. The first-order valence-electron chi connectivity index (χ1n) is 5.74. The predicted molar refractivity (Wildman–Crippen MR) is 78.6 cm³/mol. The number of pyridine rings is 1. The van der Waals surface area contributed by atoms with E-state index < -0.39 is 0 Å². The van der Waals surface area contributed by atoms with Crippen molar-refractivity contribution in [3.63, 3.8) is 0 Å². The molecule has 17 heavy (non-hydrogen) atoms. The summed E-state index contributed by atoms with van der Waals surface area (Å²) >= 11 is 7.12. The highest BCUT2D eigenvalue weighted by Gasteiger charge is 2.13. The molecule has 1 aromatic heterocycles. The third-order valence-corrected chi connectivity index (χ3v) is 5.20. The molecule has 2 nitrogen and oxygen atoms in total. The summed E-state index contributed by atoms with van der Waals surface area (Å²) in [6, 6.07) is 6.49. The van der Waals surface area contributed by atoms with Gasteiger partial charge in [0.2, 0.25) is 0 Å². The Kier molecular flexibility index (Phi) is 3.09. The topological polar surface area (TPSA) is 16.1 Å². The Balaban J connectivity index is 2.13. The molecule has 1 aromatic carbocycles. The molecule has 1 saturated heterocycles. The first-order valence-corrected chi connectivity index (χ1v) is 7.33. The summed E-state index contributed by atoms with van der Waals surface area (Å²) in [6.07, 6.45) is 4.44. The molecule has 88 valence electrons. The molecule has 0 N–H and O–H groups in total. The van der Waals surface area contributed by atoms with E-state index in [4.69, 9.17) is 0 Å². The summed E-state index contributed by atoms with van der Waals surface area (Å²) in [6.45, 7) is 2.34. The normalized spacial score (nSPS) is 15.8. The highest BCUT2D eigenvalue weighted by atomic mass is 79.9. The van der Waals surface area contributed by atoms with E-state index in [1.807, 2.05) is 6.20 Å². The van der Waals surface area contributed by atoms with Gasteiger partial charge in [0.05, 0.1) is 9.99 Å². The molecule has 2 heterocycles. The fraction of sp³-hybridized carbons (Fsp3) is 0.308. The largest absolute Gasteiger partial charge is 0.372 e. The molecule has 0 spiro atoms. The van der Waals surface area contributed by atoms with Crippen LogP contribution in [0.5, 0.6) is 0 Å². The lowest BCUT2D eigenvalue weighted by atomic mass is 10.2. The molecule has 0 atom stereocenters. The number of nitrogens with zero attached hydrogens (tertiary/aromatic N) is 2. The van der Waals surface area contributed by atoms with Crippen LogP contribution in [0.15, 0.2) is 33.3 Å². The fourth-order valence-electron chi connectivity index (χ4n) is 2.30. The average molecular weight is 356 g/mol. The summed E-state index contributed by atoms with van der Waals surface area (Å²) in [7, 11) is 0. The van der Waals surface area contributed by atoms with Gasteiger partial charge in [-0.3, -0.25) is 4.98 Å². The molecule has 2 aromatic rings. The minimum atomic E-state index is 1.00. The maximum Gasteiger partial charge on any atom is 0.0715 e. The van der Waals surface area contributed by atoms with Crippen molar-refractivity contribution in [2.75, 3.05) is 18.0 Å². The van der Waals surface area contributed by atoms with E-state index in [0.717, 1.165) is 14.5 Å². The van der Waals surface area contributed by atoms with E-state index in [-0.39, 0.29) is 0 Å². The lowest BCUT2D eigenvalue weighted by Gasteiger charge is -2.18. The van der Waals surface area contributed by atoms with Gasteiger partial charge in [-0.1, -0.05) is 0 Å². The molecule has 0 saturated carbocycles. The molecule has 1 fully saturated rings. The van der Waals surface area contributed by atoms with Crippen molar-refractivity contribution in [2.45, 2.75) is 12.8 Å². The second-order valence-corrected chi connectivity index (χ2v) is 5.96. The predicted octanol–water partition coefficient (Wildman–Crippen LogP) is 4.36. The van der Waals surface area contributed by atoms with Crippen molar-refractivity contribution in [1.29, 1.82) is 0 Å². The smallest absolute Gasteiger partial charge is 0.0715 e. The lowest BCUT2D eigenvalue weighted by Crippen LogP contribution is -2.17. The first-order chi connectivity index (χ1) is 8.25. The van der Waals surface area contributed by atoms with Gasteiger partial charge in [0, 0.05) is 34.8 Å². The van der Waals surface area contributed by atoms with E-state index in [9.17, 15) is 0 Å². The maximum absolute atomic E-state index is 4.41. The highest BCUT2D eigenvalue weighted by molar-refractivity contribution is 9.13. The van der Waals surface area contributed by atoms with Crippen LogP contribution in [0.2, 0.25) is 0 Å². The molecule has 1 aliphatic rings. The van der Waals surface area contributed by atoms with Crippen molar-refractivity contribution >= 4 is 48.5 Å². The van der Waals surface area contributed by atoms with Gasteiger partial charge < -0.3 is 4.90 Å². The number of aromatic nitrogens is 1. The Morgan fingerprint density at radius 2 is 1.88 bits per heavy atom. The number of hydrogen-bond acceptors (Lipinski definition) is 2. The van der Waals surface area contributed by atoms with Gasteiger partial charge in [-0.05, 0) is 62.9 Å². The van der Waals surface area contributed by atoms with Crippen molar-refractivity contribution in [3.8, 4) is 0 Å². The van der Waals surface area contributed by atoms with Gasteiger partial charge >= 0.3 is 0 Å². The zero-order chi connectivity index (χ0) is 11.8. The summed E-state index contributed by atoms with van der Waals surface area (Å²) < 4.78 is 2.09. The zero-order valence-electron chi connectivity index (χ0n) is 9.29. The van der Waals surface area contributed by atoms with Crippen molar-refractivity contribution in [3.05, 3.63) is 33.3 Å². The summed E-state index contributed by atoms with van der Waals surface area (Å²) in [5.74, 6) is 0. The van der Waals surface area contributed by atoms with E-state index >= 15 is 0 Å².